The number of carbonyl (C=O) groups excluding carboxylic acids is 2. The van der Waals surface area contributed by atoms with E-state index in [1.807, 2.05) is 0 Å². The minimum Gasteiger partial charge on any atom is -0.385 e. The maximum Gasteiger partial charge on any atom is 0.226 e. The van der Waals surface area contributed by atoms with Crippen molar-refractivity contribution >= 4 is 40.7 Å². The van der Waals surface area contributed by atoms with Gasteiger partial charge in [-0.15, -0.1) is 0 Å². The molecule has 2 amide bonds. The van der Waals surface area contributed by atoms with Gasteiger partial charge in [0.25, 0.3) is 0 Å². The topological polar surface area (TPSA) is 58.6 Å². The van der Waals surface area contributed by atoms with E-state index in [-0.39, 0.29) is 18.2 Å². The zero-order valence-electron chi connectivity index (χ0n) is 12.7. The highest BCUT2D eigenvalue weighted by Crippen LogP contribution is 2.25. The van der Waals surface area contributed by atoms with E-state index < -0.39 is 0 Å². The monoisotopic (exact) mass is 346 g/mol. The molecule has 0 fully saturated rings. The van der Waals surface area contributed by atoms with Crippen molar-refractivity contribution in [2.24, 2.45) is 0 Å². The molecule has 1 aromatic carbocycles. The van der Waals surface area contributed by atoms with Crippen molar-refractivity contribution in [1.29, 1.82) is 0 Å². The highest BCUT2D eigenvalue weighted by molar-refractivity contribution is 6.35. The number of anilines is 1. The number of methoxy groups -OCH3 is 1. The van der Waals surface area contributed by atoms with Crippen LogP contribution in [0.3, 0.4) is 0 Å². The van der Waals surface area contributed by atoms with Crippen LogP contribution in [0.1, 0.15) is 19.8 Å². The first-order chi connectivity index (χ1) is 10.4. The van der Waals surface area contributed by atoms with Gasteiger partial charge in [-0.2, -0.15) is 0 Å². The summed E-state index contributed by atoms with van der Waals surface area (Å²) in [7, 11) is 1.61. The van der Waals surface area contributed by atoms with Gasteiger partial charge in [-0.25, -0.2) is 0 Å². The zero-order chi connectivity index (χ0) is 16.5. The Morgan fingerprint density at radius 2 is 2.00 bits per heavy atom. The molecule has 7 heteroatoms. The molecule has 1 rings (SSSR count). The van der Waals surface area contributed by atoms with Crippen molar-refractivity contribution in [3.8, 4) is 0 Å². The Hall–Kier alpha value is -1.30. The molecule has 0 heterocycles. The van der Waals surface area contributed by atoms with Crippen LogP contribution in [0.5, 0.6) is 0 Å². The minimum absolute atomic E-state index is 0.0651. The van der Waals surface area contributed by atoms with Gasteiger partial charge in [0.2, 0.25) is 11.8 Å². The largest absolute Gasteiger partial charge is 0.385 e. The number of halogens is 2. The molecule has 0 aliphatic rings. The predicted octanol–water partition coefficient (Wildman–Crippen LogP) is 3.21. The molecule has 122 valence electrons. The lowest BCUT2D eigenvalue weighted by Crippen LogP contribution is -2.33. The fraction of sp³-hybridized carbons (Fsp3) is 0.467. The Balaban J connectivity index is 2.49. The number of rotatable bonds is 8. The van der Waals surface area contributed by atoms with Crippen LogP contribution in [-0.4, -0.2) is 43.5 Å². The molecule has 0 saturated carbocycles. The summed E-state index contributed by atoms with van der Waals surface area (Å²) in [6.07, 6.45) is 0.924. The highest BCUT2D eigenvalue weighted by atomic mass is 35.5. The van der Waals surface area contributed by atoms with Crippen molar-refractivity contribution in [3.63, 3.8) is 0 Å². The van der Waals surface area contributed by atoms with Crippen LogP contribution >= 0.6 is 23.2 Å². The Bertz CT molecular complexity index is 524. The van der Waals surface area contributed by atoms with Gasteiger partial charge in [0.15, 0.2) is 0 Å². The summed E-state index contributed by atoms with van der Waals surface area (Å²) in [5, 5.41) is 3.60. The van der Waals surface area contributed by atoms with E-state index in [0.717, 1.165) is 6.42 Å². The molecular formula is C15H20Cl2N2O3. The summed E-state index contributed by atoms with van der Waals surface area (Å²) in [6, 6.07) is 4.85. The lowest BCUT2D eigenvalue weighted by molar-refractivity contribution is -0.129. The normalized spacial score (nSPS) is 10.4. The summed E-state index contributed by atoms with van der Waals surface area (Å²) in [6.45, 7) is 2.98. The first kappa shape index (κ1) is 18.7. The van der Waals surface area contributed by atoms with Gasteiger partial charge in [0, 0.05) is 45.2 Å². The van der Waals surface area contributed by atoms with Crippen LogP contribution in [0.25, 0.3) is 0 Å². The zero-order valence-corrected chi connectivity index (χ0v) is 14.2. The fourth-order valence-corrected chi connectivity index (χ4v) is 2.21. The van der Waals surface area contributed by atoms with Crippen molar-refractivity contribution in [2.45, 2.75) is 19.8 Å². The quantitative estimate of drug-likeness (QED) is 0.735. The van der Waals surface area contributed by atoms with Gasteiger partial charge in [-0.1, -0.05) is 23.2 Å². The molecular weight excluding hydrogens is 327 g/mol. The molecule has 0 spiro atoms. The van der Waals surface area contributed by atoms with Gasteiger partial charge in [-0.05, 0) is 24.6 Å². The Labute approximate surface area is 140 Å². The van der Waals surface area contributed by atoms with E-state index in [9.17, 15) is 9.59 Å². The number of hydrogen-bond donors (Lipinski definition) is 1. The molecule has 22 heavy (non-hydrogen) atoms. The average Bonchev–Trinajstić information content (AvgIpc) is 2.46. The van der Waals surface area contributed by atoms with Crippen molar-refractivity contribution in [2.75, 3.05) is 32.1 Å². The number of amides is 2. The summed E-state index contributed by atoms with van der Waals surface area (Å²) in [5.41, 5.74) is 0.466. The smallest absolute Gasteiger partial charge is 0.226 e. The van der Waals surface area contributed by atoms with Crippen LogP contribution in [0.15, 0.2) is 18.2 Å². The number of hydrogen-bond acceptors (Lipinski definition) is 3. The van der Waals surface area contributed by atoms with E-state index in [1.54, 1.807) is 30.2 Å². The highest BCUT2D eigenvalue weighted by Gasteiger charge is 2.12. The maximum atomic E-state index is 12.0. The molecule has 5 nitrogen and oxygen atoms in total. The van der Waals surface area contributed by atoms with E-state index >= 15 is 0 Å². The van der Waals surface area contributed by atoms with Crippen LogP contribution in [-0.2, 0) is 14.3 Å². The minimum atomic E-state index is -0.220. The number of nitrogens with one attached hydrogen (secondary N) is 1. The van der Waals surface area contributed by atoms with Crippen molar-refractivity contribution in [1.82, 2.24) is 4.90 Å². The summed E-state index contributed by atoms with van der Waals surface area (Å²) in [4.78, 5) is 25.1. The van der Waals surface area contributed by atoms with Gasteiger partial charge in [0.05, 0.1) is 10.7 Å². The van der Waals surface area contributed by atoms with Crippen molar-refractivity contribution in [3.05, 3.63) is 28.2 Å². The van der Waals surface area contributed by atoms with Gasteiger partial charge in [0.1, 0.15) is 0 Å². The molecule has 0 atom stereocenters. The van der Waals surface area contributed by atoms with E-state index in [2.05, 4.69) is 5.32 Å². The third-order valence-corrected chi connectivity index (χ3v) is 3.60. The summed E-state index contributed by atoms with van der Waals surface area (Å²) >= 11 is 11.9. The molecule has 0 radical (unpaired) electrons. The Morgan fingerprint density at radius 3 is 2.64 bits per heavy atom. The number of nitrogens with zero attached hydrogens (tertiary/aromatic N) is 1. The molecule has 0 aliphatic heterocycles. The average molecular weight is 347 g/mol. The molecule has 1 aromatic rings. The second-order valence-corrected chi connectivity index (χ2v) is 5.62. The first-order valence-electron chi connectivity index (χ1n) is 6.93. The standard InChI is InChI=1S/C15H20Cl2N2O3/c1-11(20)19(7-3-9-22-2)8-6-15(21)18-14-10-12(16)4-5-13(14)17/h4-5,10H,3,6-9H2,1-2H3,(H,18,21). The number of carbonyl (C=O) groups is 2. The maximum absolute atomic E-state index is 12.0. The lowest BCUT2D eigenvalue weighted by atomic mass is 10.3. The van der Waals surface area contributed by atoms with Crippen molar-refractivity contribution < 1.29 is 14.3 Å². The summed E-state index contributed by atoms with van der Waals surface area (Å²) < 4.78 is 4.96. The second-order valence-electron chi connectivity index (χ2n) is 4.77. The molecule has 0 aromatic heterocycles. The predicted molar refractivity (Wildman–Crippen MR) is 88.5 cm³/mol. The third kappa shape index (κ3) is 6.64. The van der Waals surface area contributed by atoms with Crippen LogP contribution in [0.2, 0.25) is 10.0 Å². The molecule has 0 saturated heterocycles. The molecule has 1 N–H and O–H groups in total. The third-order valence-electron chi connectivity index (χ3n) is 3.03. The SMILES string of the molecule is COCCCN(CCC(=O)Nc1cc(Cl)ccc1Cl)C(C)=O. The number of benzene rings is 1. The van der Waals surface area contributed by atoms with Gasteiger partial charge < -0.3 is 15.0 Å². The van der Waals surface area contributed by atoms with E-state index in [0.29, 0.717) is 35.4 Å². The molecule has 0 aliphatic carbocycles. The van der Waals surface area contributed by atoms with Crippen LogP contribution in [0.4, 0.5) is 5.69 Å². The second kappa shape index (κ2) is 9.66. The van der Waals surface area contributed by atoms with Gasteiger partial charge >= 0.3 is 0 Å². The van der Waals surface area contributed by atoms with E-state index in [1.165, 1.54) is 6.92 Å². The Morgan fingerprint density at radius 1 is 1.27 bits per heavy atom. The van der Waals surface area contributed by atoms with Gasteiger partial charge in [-0.3, -0.25) is 9.59 Å². The lowest BCUT2D eigenvalue weighted by Gasteiger charge is -2.20. The van der Waals surface area contributed by atoms with E-state index in [4.69, 9.17) is 27.9 Å². The van der Waals surface area contributed by atoms with Crippen LogP contribution < -0.4 is 5.32 Å². The fourth-order valence-electron chi connectivity index (χ4n) is 1.87. The number of ether oxygens (including phenoxy) is 1. The summed E-state index contributed by atoms with van der Waals surface area (Å²) in [5.74, 6) is -0.285. The Kier molecular flexibility index (Phi) is 8.24. The molecule has 0 bridgehead atoms. The first-order valence-corrected chi connectivity index (χ1v) is 7.69. The van der Waals surface area contributed by atoms with Crippen LogP contribution in [0, 0.1) is 0 Å². The molecule has 0 unspecified atom stereocenters.